The predicted molar refractivity (Wildman–Crippen MR) is 93.9 cm³/mol. The molecule has 0 heterocycles. The fourth-order valence-corrected chi connectivity index (χ4v) is 2.33. The van der Waals surface area contributed by atoms with Gasteiger partial charge in [0, 0.05) is 6.61 Å². The first kappa shape index (κ1) is 30.2. The molecule has 0 aromatic heterocycles. The van der Waals surface area contributed by atoms with Gasteiger partial charge in [-0.2, -0.15) is 35.1 Å². The van der Waals surface area contributed by atoms with Crippen molar-refractivity contribution < 1.29 is 59.9 Å². The third-order valence-electron chi connectivity index (χ3n) is 4.69. The Labute approximate surface area is 175 Å². The smallest absolute Gasteiger partial charge is 0.380 e. The second-order valence-electron chi connectivity index (χ2n) is 7.49. The average molecular weight is 478 g/mol. The maximum absolute atomic E-state index is 13.8. The van der Waals surface area contributed by atoms with Gasteiger partial charge in [0.05, 0.1) is 31.8 Å². The lowest BCUT2D eigenvalue weighted by Gasteiger charge is -2.37. The Morgan fingerprint density at radius 1 is 0.581 bits per heavy atom. The molecule has 0 aliphatic carbocycles. The Morgan fingerprint density at radius 2 is 1.00 bits per heavy atom. The Morgan fingerprint density at radius 3 is 1.42 bits per heavy atom. The molecule has 0 rings (SSSR count). The Hall–Kier alpha value is -0.760. The van der Waals surface area contributed by atoms with E-state index in [1.807, 2.05) is 6.92 Å². The highest BCUT2D eigenvalue weighted by atomic mass is 19.4. The molecule has 0 amide bonds. The van der Waals surface area contributed by atoms with E-state index in [2.05, 4.69) is 9.47 Å². The van der Waals surface area contributed by atoms with E-state index in [4.69, 9.17) is 15.3 Å². The highest BCUT2D eigenvalue weighted by Gasteiger charge is 2.80. The number of hydrogen-bond acceptors (Lipinski definition) is 5. The molecule has 0 aliphatic heterocycles. The molecule has 188 valence electrons. The van der Waals surface area contributed by atoms with Crippen molar-refractivity contribution in [3.63, 3.8) is 0 Å². The normalized spacial score (nSPS) is 14.3. The van der Waals surface area contributed by atoms with Crippen LogP contribution in [0.4, 0.5) is 35.1 Å². The van der Waals surface area contributed by atoms with Gasteiger partial charge in [0.2, 0.25) is 0 Å². The van der Waals surface area contributed by atoms with Gasteiger partial charge in [0.15, 0.2) is 0 Å². The molecule has 0 fully saturated rings. The standard InChI is InChI=1S/C18H30F8O5/c1-2-3-4-5-6-7-30-12-15(19,20)17(23,24)18(25,26)16(21,22)13-31-11-14(8-27,9-28)10-29/h27-29H,2-13H2,1H3. The summed E-state index contributed by atoms with van der Waals surface area (Å²) in [6, 6.07) is 0. The van der Waals surface area contributed by atoms with Crippen LogP contribution < -0.4 is 0 Å². The van der Waals surface area contributed by atoms with E-state index in [1.54, 1.807) is 0 Å². The van der Waals surface area contributed by atoms with E-state index in [-0.39, 0.29) is 6.42 Å². The Kier molecular flexibility index (Phi) is 12.2. The first-order valence-electron chi connectivity index (χ1n) is 9.69. The lowest BCUT2D eigenvalue weighted by atomic mass is 9.92. The molecular formula is C18H30F8O5. The minimum absolute atomic E-state index is 0.213. The monoisotopic (exact) mass is 478 g/mol. The van der Waals surface area contributed by atoms with E-state index >= 15 is 0 Å². The SMILES string of the molecule is CCCCCCCOCC(F)(F)C(F)(F)C(F)(F)C(F)(F)COCC(CO)(CO)CO. The van der Waals surface area contributed by atoms with Crippen molar-refractivity contribution in [2.45, 2.75) is 62.7 Å². The molecule has 13 heteroatoms. The minimum atomic E-state index is -6.52. The second-order valence-corrected chi connectivity index (χ2v) is 7.49. The maximum atomic E-state index is 13.8. The van der Waals surface area contributed by atoms with Crippen molar-refractivity contribution in [2.75, 3.05) is 46.2 Å². The Balaban J connectivity index is 5.02. The number of rotatable bonds is 18. The molecular weight excluding hydrogens is 448 g/mol. The first-order chi connectivity index (χ1) is 14.2. The summed E-state index contributed by atoms with van der Waals surface area (Å²) >= 11 is 0. The van der Waals surface area contributed by atoms with Crippen LogP contribution in [0.2, 0.25) is 0 Å². The predicted octanol–water partition coefficient (Wildman–Crippen LogP) is 3.49. The molecule has 0 atom stereocenters. The van der Waals surface area contributed by atoms with Crippen LogP contribution in [0.5, 0.6) is 0 Å². The summed E-state index contributed by atoms with van der Waals surface area (Å²) < 4.78 is 119. The van der Waals surface area contributed by atoms with E-state index in [0.717, 1.165) is 19.3 Å². The van der Waals surface area contributed by atoms with Crippen LogP contribution in [0, 0.1) is 5.41 Å². The average Bonchev–Trinajstić information content (AvgIpc) is 2.70. The van der Waals surface area contributed by atoms with Crippen molar-refractivity contribution in [3.05, 3.63) is 0 Å². The van der Waals surface area contributed by atoms with Gasteiger partial charge in [-0.25, -0.2) is 0 Å². The van der Waals surface area contributed by atoms with E-state index in [1.165, 1.54) is 0 Å². The lowest BCUT2D eigenvalue weighted by Crippen LogP contribution is -2.64. The van der Waals surface area contributed by atoms with E-state index < -0.39 is 75.4 Å². The van der Waals surface area contributed by atoms with Crippen LogP contribution in [-0.4, -0.2) is 85.3 Å². The van der Waals surface area contributed by atoms with Gasteiger partial charge in [-0.1, -0.05) is 32.6 Å². The van der Waals surface area contributed by atoms with Gasteiger partial charge < -0.3 is 24.8 Å². The molecule has 0 saturated heterocycles. The largest absolute Gasteiger partial charge is 0.396 e. The van der Waals surface area contributed by atoms with Crippen LogP contribution in [0.1, 0.15) is 39.0 Å². The van der Waals surface area contributed by atoms with Gasteiger partial charge >= 0.3 is 23.7 Å². The third-order valence-corrected chi connectivity index (χ3v) is 4.69. The van der Waals surface area contributed by atoms with Gasteiger partial charge in [-0.3, -0.25) is 0 Å². The summed E-state index contributed by atoms with van der Waals surface area (Å²) in [6.07, 6.45) is 3.23. The summed E-state index contributed by atoms with van der Waals surface area (Å²) in [6.45, 7) is -7.25. The highest BCUT2D eigenvalue weighted by Crippen LogP contribution is 2.52. The molecule has 0 unspecified atom stereocenters. The topological polar surface area (TPSA) is 79.2 Å². The van der Waals surface area contributed by atoms with Crippen LogP contribution >= 0.6 is 0 Å². The first-order valence-corrected chi connectivity index (χ1v) is 9.69. The molecule has 31 heavy (non-hydrogen) atoms. The van der Waals surface area contributed by atoms with Gasteiger partial charge in [-0.15, -0.1) is 0 Å². The van der Waals surface area contributed by atoms with Crippen LogP contribution in [0.25, 0.3) is 0 Å². The number of ether oxygens (including phenoxy) is 2. The number of halogens is 8. The zero-order chi connectivity index (χ0) is 24.4. The summed E-state index contributed by atoms with van der Waals surface area (Å²) in [5, 5.41) is 27.0. The second kappa shape index (κ2) is 12.5. The molecule has 0 saturated carbocycles. The van der Waals surface area contributed by atoms with Crippen LogP contribution in [0.15, 0.2) is 0 Å². The summed E-state index contributed by atoms with van der Waals surface area (Å²) in [7, 11) is 0. The Bertz CT molecular complexity index is 493. The zero-order valence-electron chi connectivity index (χ0n) is 17.2. The number of aliphatic hydroxyl groups excluding tert-OH is 3. The summed E-state index contributed by atoms with van der Waals surface area (Å²) in [4.78, 5) is 0. The van der Waals surface area contributed by atoms with Crippen molar-refractivity contribution in [3.8, 4) is 0 Å². The lowest BCUT2D eigenvalue weighted by molar-refractivity contribution is -0.377. The molecule has 0 aromatic carbocycles. The molecule has 3 N–H and O–H groups in total. The van der Waals surface area contributed by atoms with Crippen molar-refractivity contribution in [2.24, 2.45) is 5.41 Å². The van der Waals surface area contributed by atoms with E-state index in [9.17, 15) is 35.1 Å². The van der Waals surface area contributed by atoms with Gasteiger partial charge in [-0.05, 0) is 6.42 Å². The fourth-order valence-electron chi connectivity index (χ4n) is 2.33. The number of unbranched alkanes of at least 4 members (excludes halogenated alkanes) is 4. The maximum Gasteiger partial charge on any atom is 0.380 e. The van der Waals surface area contributed by atoms with Gasteiger partial charge in [0.25, 0.3) is 0 Å². The molecule has 0 aliphatic rings. The number of alkyl halides is 8. The van der Waals surface area contributed by atoms with Crippen molar-refractivity contribution >= 4 is 0 Å². The fraction of sp³-hybridized carbons (Fsp3) is 1.00. The van der Waals surface area contributed by atoms with Crippen LogP contribution in [-0.2, 0) is 9.47 Å². The number of hydrogen-bond donors (Lipinski definition) is 3. The van der Waals surface area contributed by atoms with E-state index in [0.29, 0.717) is 6.42 Å². The van der Waals surface area contributed by atoms with Gasteiger partial charge in [0.1, 0.15) is 13.2 Å². The number of aliphatic hydroxyl groups is 3. The summed E-state index contributed by atoms with van der Waals surface area (Å²) in [5.41, 5.74) is -1.91. The highest BCUT2D eigenvalue weighted by molar-refractivity contribution is 5.03. The zero-order valence-corrected chi connectivity index (χ0v) is 17.2. The van der Waals surface area contributed by atoms with Crippen molar-refractivity contribution in [1.29, 1.82) is 0 Å². The van der Waals surface area contributed by atoms with Crippen molar-refractivity contribution in [1.82, 2.24) is 0 Å². The molecule has 0 radical (unpaired) electrons. The quantitative estimate of drug-likeness (QED) is 0.208. The molecule has 0 bridgehead atoms. The molecule has 0 aromatic rings. The van der Waals surface area contributed by atoms with Crippen LogP contribution in [0.3, 0.4) is 0 Å². The molecule has 0 spiro atoms. The molecule has 5 nitrogen and oxygen atoms in total. The minimum Gasteiger partial charge on any atom is -0.396 e. The summed E-state index contributed by atoms with van der Waals surface area (Å²) in [5.74, 6) is -24.3. The third kappa shape index (κ3) is 7.65.